The zero-order chi connectivity index (χ0) is 36.3. The van der Waals surface area contributed by atoms with Gasteiger partial charge in [0.25, 0.3) is 0 Å². The van der Waals surface area contributed by atoms with Gasteiger partial charge in [-0.3, -0.25) is 9.97 Å². The maximum Gasteiger partial charge on any atom is 0.101 e. The molecule has 0 aliphatic rings. The molecule has 0 radical (unpaired) electrons. The molecule has 11 rings (SSSR count). The van der Waals surface area contributed by atoms with Crippen LogP contribution in [-0.2, 0) is 0 Å². The highest BCUT2D eigenvalue weighted by Gasteiger charge is 2.21. The second-order valence-electron chi connectivity index (χ2n) is 13.9. The molecule has 0 bridgehead atoms. The van der Waals surface area contributed by atoms with Gasteiger partial charge in [-0.05, 0) is 58.5 Å². The van der Waals surface area contributed by atoms with Gasteiger partial charge in [0.15, 0.2) is 0 Å². The summed E-state index contributed by atoms with van der Waals surface area (Å²) in [6, 6.07) is 61.7. The molecule has 4 heterocycles. The fourth-order valence-electron chi connectivity index (χ4n) is 8.10. The predicted octanol–water partition coefficient (Wildman–Crippen LogP) is 12.5. The molecule has 0 aliphatic carbocycles. The van der Waals surface area contributed by atoms with E-state index in [0.29, 0.717) is 0 Å². The summed E-state index contributed by atoms with van der Waals surface area (Å²) in [7, 11) is 0. The van der Waals surface area contributed by atoms with Crippen LogP contribution in [0.1, 0.15) is 0 Å². The Kier molecular flexibility index (Phi) is 7.10. The van der Waals surface area contributed by atoms with E-state index >= 15 is 0 Å². The first-order valence-corrected chi connectivity index (χ1v) is 18.5. The van der Waals surface area contributed by atoms with Crippen LogP contribution in [0.5, 0.6) is 0 Å². The summed E-state index contributed by atoms with van der Waals surface area (Å²) in [5, 5.41) is 12.1. The van der Waals surface area contributed by atoms with E-state index < -0.39 is 0 Å². The van der Waals surface area contributed by atoms with Gasteiger partial charge in [-0.1, -0.05) is 140 Å². The first-order valence-electron chi connectivity index (χ1n) is 18.5. The standard InChI is InChI=1S/C50H31N5/c1-3-11-32(12-4-1)43-31-37-15-7-8-17-40(37)50-45(43)46(34-13-5-2-6-14-34)54-55(50)38-24-21-33(22-25-38)39-26-27-41(42-18-10-30-52-49(39)42)44-28-23-36-20-19-35-16-9-29-51-47(35)48(36)53-44/h1-31H. The topological polar surface area (TPSA) is 56.5 Å². The van der Waals surface area contributed by atoms with Crippen molar-refractivity contribution in [1.82, 2.24) is 24.7 Å². The van der Waals surface area contributed by atoms with Crippen molar-refractivity contribution in [1.29, 1.82) is 0 Å². The first kappa shape index (κ1) is 31.1. The summed E-state index contributed by atoms with van der Waals surface area (Å²) < 4.78 is 2.12. The minimum atomic E-state index is 0.896. The quantitative estimate of drug-likeness (QED) is 0.168. The van der Waals surface area contributed by atoms with Crippen LogP contribution in [0.2, 0.25) is 0 Å². The second kappa shape index (κ2) is 12.6. The predicted molar refractivity (Wildman–Crippen MR) is 226 cm³/mol. The third-order valence-corrected chi connectivity index (χ3v) is 10.7. The number of rotatable bonds is 5. The number of nitrogens with zero attached hydrogens (tertiary/aromatic N) is 5. The normalized spacial score (nSPS) is 11.6. The van der Waals surface area contributed by atoms with E-state index in [2.05, 4.69) is 173 Å². The third kappa shape index (κ3) is 5.09. The molecule has 0 fully saturated rings. The van der Waals surface area contributed by atoms with Crippen LogP contribution in [0.3, 0.4) is 0 Å². The van der Waals surface area contributed by atoms with E-state index in [1.807, 2.05) is 24.5 Å². The Bertz CT molecular complexity index is 3240. The van der Waals surface area contributed by atoms with E-state index in [-0.39, 0.29) is 0 Å². The van der Waals surface area contributed by atoms with Crippen molar-refractivity contribution < 1.29 is 0 Å². The van der Waals surface area contributed by atoms with Crippen LogP contribution in [0, 0.1) is 0 Å². The molecule has 7 aromatic carbocycles. The molecule has 55 heavy (non-hydrogen) atoms. The van der Waals surface area contributed by atoms with Crippen LogP contribution in [0.4, 0.5) is 0 Å². The summed E-state index contributed by atoms with van der Waals surface area (Å²) in [4.78, 5) is 14.8. The molecular weight excluding hydrogens is 671 g/mol. The van der Waals surface area contributed by atoms with E-state index in [1.54, 1.807) is 0 Å². The van der Waals surface area contributed by atoms with Crippen molar-refractivity contribution in [2.45, 2.75) is 0 Å². The highest BCUT2D eigenvalue weighted by atomic mass is 15.3. The highest BCUT2D eigenvalue weighted by molar-refractivity contribution is 6.17. The molecule has 11 aromatic rings. The van der Waals surface area contributed by atoms with Crippen LogP contribution in [0.25, 0.3) is 105 Å². The number of pyridine rings is 3. The zero-order valence-electron chi connectivity index (χ0n) is 29.6. The van der Waals surface area contributed by atoms with Gasteiger partial charge in [-0.25, -0.2) is 9.67 Å². The van der Waals surface area contributed by atoms with E-state index in [1.165, 1.54) is 10.9 Å². The Hall–Kier alpha value is -7.50. The van der Waals surface area contributed by atoms with Crippen molar-refractivity contribution in [3.63, 3.8) is 0 Å². The zero-order valence-corrected chi connectivity index (χ0v) is 29.6. The smallest absolute Gasteiger partial charge is 0.101 e. The van der Waals surface area contributed by atoms with Gasteiger partial charge in [0, 0.05) is 56.0 Å². The van der Waals surface area contributed by atoms with Gasteiger partial charge < -0.3 is 0 Å². The average molecular weight is 702 g/mol. The minimum absolute atomic E-state index is 0.896. The molecule has 0 saturated heterocycles. The SMILES string of the molecule is c1ccc(-c2cc3ccccc3c3c2c(-c2ccccc2)nn3-c2ccc(-c3ccc(-c4ccc5ccc6cccnc6c5n4)c4cccnc34)cc2)cc1. The summed E-state index contributed by atoms with van der Waals surface area (Å²) in [6.45, 7) is 0. The summed E-state index contributed by atoms with van der Waals surface area (Å²) in [6.07, 6.45) is 3.70. The van der Waals surface area contributed by atoms with Crippen molar-refractivity contribution in [2.24, 2.45) is 0 Å². The number of hydrogen-bond donors (Lipinski definition) is 0. The monoisotopic (exact) mass is 701 g/mol. The molecule has 4 aromatic heterocycles. The van der Waals surface area contributed by atoms with Crippen molar-refractivity contribution in [3.05, 3.63) is 188 Å². The fourth-order valence-corrected chi connectivity index (χ4v) is 8.10. The lowest BCUT2D eigenvalue weighted by molar-refractivity contribution is 0.918. The van der Waals surface area contributed by atoms with E-state index in [9.17, 15) is 0 Å². The Balaban J connectivity index is 1.07. The van der Waals surface area contributed by atoms with Crippen LogP contribution >= 0.6 is 0 Å². The molecule has 256 valence electrons. The number of aromatic nitrogens is 5. The largest absolute Gasteiger partial charge is 0.256 e. The molecule has 0 unspecified atom stereocenters. The maximum absolute atomic E-state index is 5.40. The van der Waals surface area contributed by atoms with Crippen molar-refractivity contribution in [2.75, 3.05) is 0 Å². The Morgan fingerprint density at radius 2 is 1.02 bits per heavy atom. The maximum atomic E-state index is 5.40. The number of benzene rings is 7. The lowest BCUT2D eigenvalue weighted by Gasteiger charge is -2.13. The average Bonchev–Trinajstić information content (AvgIpc) is 3.67. The van der Waals surface area contributed by atoms with Crippen LogP contribution < -0.4 is 0 Å². The number of hydrogen-bond acceptors (Lipinski definition) is 4. The minimum Gasteiger partial charge on any atom is -0.256 e. The summed E-state index contributed by atoms with van der Waals surface area (Å²) in [5.74, 6) is 0. The van der Waals surface area contributed by atoms with Crippen molar-refractivity contribution >= 4 is 54.4 Å². The first-order chi connectivity index (χ1) is 27.3. The Morgan fingerprint density at radius 3 is 1.84 bits per heavy atom. The summed E-state index contributed by atoms with van der Waals surface area (Å²) >= 11 is 0. The molecule has 0 saturated carbocycles. The van der Waals surface area contributed by atoms with Gasteiger partial charge in [-0.2, -0.15) is 5.10 Å². The van der Waals surface area contributed by atoms with Crippen molar-refractivity contribution in [3.8, 4) is 50.5 Å². The van der Waals surface area contributed by atoms with E-state index in [4.69, 9.17) is 15.1 Å². The van der Waals surface area contributed by atoms with Gasteiger partial charge in [0.2, 0.25) is 0 Å². The Morgan fingerprint density at radius 1 is 0.400 bits per heavy atom. The number of fused-ring (bicyclic) bond motifs is 7. The highest BCUT2D eigenvalue weighted by Crippen LogP contribution is 2.42. The third-order valence-electron chi connectivity index (χ3n) is 10.7. The summed E-state index contributed by atoms with van der Waals surface area (Å²) in [5.41, 5.74) is 13.3. The van der Waals surface area contributed by atoms with Gasteiger partial charge in [0.05, 0.1) is 33.4 Å². The van der Waals surface area contributed by atoms with Crippen LogP contribution in [-0.4, -0.2) is 24.7 Å². The molecule has 0 N–H and O–H groups in total. The molecule has 0 amide bonds. The molecule has 5 heteroatoms. The van der Waals surface area contributed by atoms with Crippen LogP contribution in [0.15, 0.2) is 188 Å². The van der Waals surface area contributed by atoms with Gasteiger partial charge in [0.1, 0.15) is 5.69 Å². The Labute approximate surface area is 316 Å². The molecular formula is C50H31N5. The second-order valence-corrected chi connectivity index (χ2v) is 13.9. The van der Waals surface area contributed by atoms with Gasteiger partial charge >= 0.3 is 0 Å². The lowest BCUT2D eigenvalue weighted by atomic mass is 9.94. The van der Waals surface area contributed by atoms with Gasteiger partial charge in [-0.15, -0.1) is 0 Å². The molecule has 0 spiro atoms. The molecule has 5 nitrogen and oxygen atoms in total. The molecule has 0 atom stereocenters. The fraction of sp³-hybridized carbons (Fsp3) is 0. The lowest BCUT2D eigenvalue weighted by Crippen LogP contribution is -1.97. The molecule has 0 aliphatic heterocycles. The van der Waals surface area contributed by atoms with E-state index in [0.717, 1.165) is 93.9 Å².